The Morgan fingerprint density at radius 3 is 1.94 bits per heavy atom. The van der Waals surface area contributed by atoms with Crippen LogP contribution in [0.3, 0.4) is 0 Å². The normalized spacial score (nSPS) is 10.3. The van der Waals surface area contributed by atoms with Gasteiger partial charge in [-0.3, -0.25) is 14.4 Å². The van der Waals surface area contributed by atoms with Crippen LogP contribution in [0.5, 0.6) is 11.5 Å². The molecule has 0 aliphatic carbocycles. The van der Waals surface area contributed by atoms with E-state index in [1.807, 2.05) is 36.6 Å². The largest absolute Gasteiger partial charge is 0.494 e. The molecule has 0 fully saturated rings. The van der Waals surface area contributed by atoms with Gasteiger partial charge in [0.25, 0.3) is 5.91 Å². The first-order valence-corrected chi connectivity index (χ1v) is 11.6. The van der Waals surface area contributed by atoms with Crippen molar-refractivity contribution in [2.24, 2.45) is 0 Å². The molecule has 0 bridgehead atoms. The zero-order valence-corrected chi connectivity index (χ0v) is 20.1. The van der Waals surface area contributed by atoms with Crippen molar-refractivity contribution >= 4 is 46.1 Å². The van der Waals surface area contributed by atoms with Gasteiger partial charge in [-0.2, -0.15) is 0 Å². The minimum absolute atomic E-state index is 0.0114. The van der Waals surface area contributed by atoms with Crippen LogP contribution >= 0.6 is 11.3 Å². The summed E-state index contributed by atoms with van der Waals surface area (Å²) < 4.78 is 10.8. The second kappa shape index (κ2) is 11.9. The molecule has 1 aromatic heterocycles. The molecule has 0 atom stereocenters. The maximum atomic E-state index is 12.5. The highest BCUT2D eigenvalue weighted by atomic mass is 32.1. The van der Waals surface area contributed by atoms with Crippen LogP contribution < -0.4 is 25.4 Å². The molecule has 0 aliphatic heterocycles. The highest BCUT2D eigenvalue weighted by Crippen LogP contribution is 2.37. The van der Waals surface area contributed by atoms with Crippen molar-refractivity contribution < 1.29 is 23.9 Å². The van der Waals surface area contributed by atoms with Gasteiger partial charge >= 0.3 is 0 Å². The number of amides is 3. The van der Waals surface area contributed by atoms with E-state index in [2.05, 4.69) is 16.0 Å². The molecule has 0 spiro atoms. The van der Waals surface area contributed by atoms with E-state index in [1.165, 1.54) is 25.6 Å². The molecule has 9 heteroatoms. The number of ether oxygens (including phenoxy) is 2. The zero-order chi connectivity index (χ0) is 24.5. The summed E-state index contributed by atoms with van der Waals surface area (Å²) in [5.41, 5.74) is 2.56. The molecular weight excluding hydrogens is 454 g/mol. The lowest BCUT2D eigenvalue weighted by Crippen LogP contribution is -2.18. The summed E-state index contributed by atoms with van der Waals surface area (Å²) in [5, 5.41) is 10.2. The van der Waals surface area contributed by atoms with Gasteiger partial charge in [-0.25, -0.2) is 0 Å². The van der Waals surface area contributed by atoms with Crippen LogP contribution in [0, 0.1) is 0 Å². The Balaban J connectivity index is 1.64. The molecule has 0 radical (unpaired) electrons. The molecule has 34 heavy (non-hydrogen) atoms. The quantitative estimate of drug-likeness (QED) is 0.380. The molecule has 3 amide bonds. The van der Waals surface area contributed by atoms with Crippen LogP contribution in [-0.4, -0.2) is 31.9 Å². The van der Waals surface area contributed by atoms with Gasteiger partial charge in [-0.15, -0.1) is 11.3 Å². The lowest BCUT2D eigenvalue weighted by molar-refractivity contribution is -0.121. The Morgan fingerprint density at radius 2 is 1.38 bits per heavy atom. The number of para-hydroxylation sites is 1. The second-order valence-corrected chi connectivity index (χ2v) is 8.24. The van der Waals surface area contributed by atoms with E-state index in [4.69, 9.17) is 9.47 Å². The van der Waals surface area contributed by atoms with Gasteiger partial charge in [0, 0.05) is 30.7 Å². The molecule has 3 aromatic rings. The summed E-state index contributed by atoms with van der Waals surface area (Å²) in [7, 11) is 2.92. The van der Waals surface area contributed by atoms with E-state index in [0.29, 0.717) is 27.8 Å². The minimum Gasteiger partial charge on any atom is -0.494 e. The number of benzene rings is 2. The molecule has 3 N–H and O–H groups in total. The fourth-order valence-corrected chi connectivity index (χ4v) is 3.91. The van der Waals surface area contributed by atoms with Crippen LogP contribution in [-0.2, 0) is 16.0 Å². The number of carbonyl (C=O) groups is 3. The number of hydrogen-bond donors (Lipinski definition) is 3. The molecule has 0 saturated heterocycles. The Kier molecular flexibility index (Phi) is 8.64. The SMILES string of the molecule is CCc1ccccc1NC(=O)CCC(=O)Nc1cc(OC)c(NC(=O)c2cccs2)cc1OC. The molecule has 8 nitrogen and oxygen atoms in total. The van der Waals surface area contributed by atoms with E-state index in [0.717, 1.165) is 17.7 Å². The first-order chi connectivity index (χ1) is 16.4. The summed E-state index contributed by atoms with van der Waals surface area (Å²) in [6.07, 6.45) is 0.809. The molecule has 0 aliphatic rings. The van der Waals surface area contributed by atoms with Crippen molar-refractivity contribution in [3.8, 4) is 11.5 Å². The third-order valence-corrected chi connectivity index (χ3v) is 5.91. The minimum atomic E-state index is -0.352. The van der Waals surface area contributed by atoms with E-state index >= 15 is 0 Å². The number of hydrogen-bond acceptors (Lipinski definition) is 6. The van der Waals surface area contributed by atoms with Crippen LogP contribution in [0.1, 0.15) is 35.0 Å². The van der Waals surface area contributed by atoms with Gasteiger partial charge in [0.15, 0.2) is 0 Å². The third kappa shape index (κ3) is 6.35. The number of thiophene rings is 1. The molecule has 0 saturated carbocycles. The van der Waals surface area contributed by atoms with E-state index < -0.39 is 0 Å². The van der Waals surface area contributed by atoms with Gasteiger partial charge in [-0.05, 0) is 29.5 Å². The molecule has 0 unspecified atom stereocenters. The Labute approximate surface area is 202 Å². The highest BCUT2D eigenvalue weighted by molar-refractivity contribution is 7.12. The zero-order valence-electron chi connectivity index (χ0n) is 19.3. The maximum absolute atomic E-state index is 12.5. The number of nitrogens with one attached hydrogen (secondary N) is 3. The average molecular weight is 482 g/mol. The number of aryl methyl sites for hydroxylation is 1. The first-order valence-electron chi connectivity index (χ1n) is 10.7. The number of anilines is 3. The van der Waals surface area contributed by atoms with E-state index in [1.54, 1.807) is 24.3 Å². The van der Waals surface area contributed by atoms with Gasteiger partial charge < -0.3 is 25.4 Å². The van der Waals surface area contributed by atoms with Crippen LogP contribution in [0.15, 0.2) is 53.9 Å². The van der Waals surface area contributed by atoms with Gasteiger partial charge in [0.1, 0.15) is 11.5 Å². The monoisotopic (exact) mass is 481 g/mol. The lowest BCUT2D eigenvalue weighted by Gasteiger charge is -2.16. The van der Waals surface area contributed by atoms with Crippen molar-refractivity contribution in [3.05, 3.63) is 64.4 Å². The topological polar surface area (TPSA) is 106 Å². The molecular formula is C25H27N3O5S. The lowest BCUT2D eigenvalue weighted by atomic mass is 10.1. The fourth-order valence-electron chi connectivity index (χ4n) is 3.29. The number of rotatable bonds is 10. The summed E-state index contributed by atoms with van der Waals surface area (Å²) in [6.45, 7) is 2.01. The highest BCUT2D eigenvalue weighted by Gasteiger charge is 2.17. The third-order valence-electron chi connectivity index (χ3n) is 5.04. The predicted octanol–water partition coefficient (Wildman–Crippen LogP) is 4.94. The summed E-state index contributed by atoms with van der Waals surface area (Å²) in [4.78, 5) is 37.8. The molecule has 178 valence electrons. The van der Waals surface area contributed by atoms with E-state index in [-0.39, 0.29) is 30.6 Å². The fraction of sp³-hybridized carbons (Fsp3) is 0.240. The van der Waals surface area contributed by atoms with E-state index in [9.17, 15) is 14.4 Å². The van der Waals surface area contributed by atoms with Gasteiger partial charge in [-0.1, -0.05) is 31.2 Å². The first kappa shape index (κ1) is 24.8. The molecule has 1 heterocycles. The standard InChI is InChI=1S/C25H27N3O5S/c1-4-16-8-5-6-9-17(16)26-23(29)11-12-24(30)27-18-14-21(33-3)19(15-20(18)32-2)28-25(31)22-10-7-13-34-22/h5-10,13-15H,4,11-12H2,1-3H3,(H,26,29)(H,27,30)(H,28,31). The van der Waals surface area contributed by atoms with Crippen LogP contribution in [0.4, 0.5) is 17.1 Å². The van der Waals surface area contributed by atoms with Crippen molar-refractivity contribution in [1.29, 1.82) is 0 Å². The van der Waals surface area contributed by atoms with Crippen LogP contribution in [0.2, 0.25) is 0 Å². The summed E-state index contributed by atoms with van der Waals surface area (Å²) >= 11 is 1.32. The van der Waals surface area contributed by atoms with Crippen molar-refractivity contribution in [3.63, 3.8) is 0 Å². The average Bonchev–Trinajstić information content (AvgIpc) is 3.39. The van der Waals surface area contributed by atoms with Gasteiger partial charge in [0.2, 0.25) is 11.8 Å². The smallest absolute Gasteiger partial charge is 0.265 e. The Hall–Kier alpha value is -3.85. The molecule has 3 rings (SSSR count). The maximum Gasteiger partial charge on any atom is 0.265 e. The van der Waals surface area contributed by atoms with Crippen molar-refractivity contribution in [1.82, 2.24) is 0 Å². The van der Waals surface area contributed by atoms with Gasteiger partial charge in [0.05, 0.1) is 30.5 Å². The second-order valence-electron chi connectivity index (χ2n) is 7.29. The number of methoxy groups -OCH3 is 2. The Bertz CT molecular complexity index is 1160. The Morgan fingerprint density at radius 1 is 0.794 bits per heavy atom. The van der Waals surface area contributed by atoms with Crippen molar-refractivity contribution in [2.45, 2.75) is 26.2 Å². The number of carbonyl (C=O) groups excluding carboxylic acids is 3. The van der Waals surface area contributed by atoms with Crippen molar-refractivity contribution in [2.75, 3.05) is 30.2 Å². The molecule has 2 aromatic carbocycles. The predicted molar refractivity (Wildman–Crippen MR) is 134 cm³/mol. The van der Waals surface area contributed by atoms with Crippen LogP contribution in [0.25, 0.3) is 0 Å². The summed E-state index contributed by atoms with van der Waals surface area (Å²) in [5.74, 6) is -0.170. The summed E-state index contributed by atoms with van der Waals surface area (Å²) in [6, 6.07) is 14.2.